The predicted octanol–water partition coefficient (Wildman–Crippen LogP) is 2.59. The number of carbonyl (C=O) groups is 1. The molecule has 0 aliphatic carbocycles. The summed E-state index contributed by atoms with van der Waals surface area (Å²) in [5.41, 5.74) is 2.60. The van der Waals surface area contributed by atoms with Gasteiger partial charge in [-0.1, -0.05) is 12.1 Å². The van der Waals surface area contributed by atoms with Gasteiger partial charge in [-0.3, -0.25) is 10.0 Å². The number of hydroxylamine groups is 1. The lowest BCUT2D eigenvalue weighted by atomic mass is 10.1. The van der Waals surface area contributed by atoms with E-state index >= 15 is 0 Å². The molecule has 3 rings (SSSR count). The summed E-state index contributed by atoms with van der Waals surface area (Å²) in [6.45, 7) is 0. The molecule has 0 aliphatic heterocycles. The van der Waals surface area contributed by atoms with Crippen molar-refractivity contribution in [1.82, 2.24) is 10.5 Å². The molecule has 0 spiro atoms. The minimum Gasteiger partial charge on any atom is -0.497 e. The van der Waals surface area contributed by atoms with Crippen molar-refractivity contribution in [1.29, 1.82) is 0 Å². The van der Waals surface area contributed by atoms with Crippen molar-refractivity contribution in [3.8, 4) is 5.75 Å². The molecule has 0 fully saturated rings. The molecule has 0 unspecified atom stereocenters. The van der Waals surface area contributed by atoms with Crippen LogP contribution in [0.25, 0.3) is 17.0 Å². The van der Waals surface area contributed by atoms with E-state index in [0.717, 1.165) is 11.5 Å². The Morgan fingerprint density at radius 1 is 1.11 bits per heavy atom. The summed E-state index contributed by atoms with van der Waals surface area (Å²) in [4.78, 5) is 15.5. The van der Waals surface area contributed by atoms with Crippen molar-refractivity contribution in [2.24, 2.45) is 0 Å². The molecule has 0 radical (unpaired) electrons. The number of nitrogens with one attached hydrogen (secondary N) is 1. The lowest BCUT2D eigenvalue weighted by Crippen LogP contribution is -2.14. The highest BCUT2D eigenvalue weighted by molar-refractivity contribution is 7.91. The highest BCUT2D eigenvalue weighted by atomic mass is 32.2. The molecule has 1 heterocycles. The van der Waals surface area contributed by atoms with Crippen LogP contribution < -0.4 is 10.2 Å². The summed E-state index contributed by atoms with van der Waals surface area (Å²) in [5.74, 6) is -0.109. The minimum absolute atomic E-state index is 0.0746. The third-order valence-electron chi connectivity index (χ3n) is 3.87. The lowest BCUT2D eigenvalue weighted by Gasteiger charge is -2.07. The van der Waals surface area contributed by atoms with Crippen molar-refractivity contribution in [3.63, 3.8) is 0 Å². The number of aromatic nitrogens is 1. The summed E-state index contributed by atoms with van der Waals surface area (Å²) in [5, 5.41) is 9.20. The Morgan fingerprint density at radius 3 is 2.48 bits per heavy atom. The molecular weight excluding hydrogens is 368 g/mol. The number of pyridine rings is 1. The molecular formula is C19H16N2O5S. The zero-order valence-corrected chi connectivity index (χ0v) is 15.1. The second-order valence-corrected chi connectivity index (χ2v) is 7.49. The molecule has 138 valence electrons. The third kappa shape index (κ3) is 3.97. The van der Waals surface area contributed by atoms with Gasteiger partial charge in [0.05, 0.1) is 17.5 Å². The number of rotatable bonds is 5. The van der Waals surface area contributed by atoms with Crippen LogP contribution in [0.2, 0.25) is 0 Å². The summed E-state index contributed by atoms with van der Waals surface area (Å²) < 4.78 is 30.7. The molecule has 3 aromatic rings. The molecule has 27 heavy (non-hydrogen) atoms. The second kappa shape index (κ2) is 7.56. The molecule has 1 amide bonds. The van der Waals surface area contributed by atoms with Crippen LogP contribution in [-0.4, -0.2) is 31.6 Å². The summed E-state index contributed by atoms with van der Waals surface area (Å²) in [6.07, 6.45) is 2.64. The molecule has 2 aromatic carbocycles. The van der Waals surface area contributed by atoms with Crippen LogP contribution in [0.15, 0.2) is 70.6 Å². The molecule has 0 bridgehead atoms. The number of sulfone groups is 1. The number of amides is 1. The van der Waals surface area contributed by atoms with Gasteiger partial charge in [-0.05, 0) is 54.1 Å². The molecule has 0 saturated carbocycles. The van der Waals surface area contributed by atoms with Crippen LogP contribution in [0.1, 0.15) is 5.56 Å². The molecule has 1 aromatic heterocycles. The van der Waals surface area contributed by atoms with Crippen LogP contribution in [-0.2, 0) is 14.6 Å². The van der Waals surface area contributed by atoms with E-state index in [1.165, 1.54) is 36.9 Å². The number of nitrogens with zero attached hydrogens (tertiary/aromatic N) is 1. The third-order valence-corrected chi connectivity index (χ3v) is 5.54. The molecule has 7 nitrogen and oxygen atoms in total. The first-order valence-electron chi connectivity index (χ1n) is 7.86. The smallest absolute Gasteiger partial charge is 0.267 e. The Morgan fingerprint density at radius 2 is 1.81 bits per heavy atom. The van der Waals surface area contributed by atoms with Crippen molar-refractivity contribution in [3.05, 3.63) is 66.2 Å². The quantitative estimate of drug-likeness (QED) is 0.398. The van der Waals surface area contributed by atoms with Crippen molar-refractivity contribution in [2.75, 3.05) is 7.11 Å². The Bertz CT molecular complexity index is 1120. The van der Waals surface area contributed by atoms with E-state index in [9.17, 15) is 13.2 Å². The Hall–Kier alpha value is -3.23. The number of carbonyl (C=O) groups excluding carboxylic acids is 1. The van der Waals surface area contributed by atoms with Gasteiger partial charge in [0.15, 0.2) is 5.03 Å². The normalized spacial score (nSPS) is 11.6. The van der Waals surface area contributed by atoms with Crippen LogP contribution in [0, 0.1) is 0 Å². The molecule has 0 saturated heterocycles. The zero-order valence-electron chi connectivity index (χ0n) is 14.3. The lowest BCUT2D eigenvalue weighted by molar-refractivity contribution is -0.124. The van der Waals surface area contributed by atoms with E-state index in [0.29, 0.717) is 16.8 Å². The van der Waals surface area contributed by atoms with E-state index in [2.05, 4.69) is 4.98 Å². The maximum Gasteiger partial charge on any atom is 0.267 e. The number of fused-ring (bicyclic) bond motifs is 1. The highest BCUT2D eigenvalue weighted by Gasteiger charge is 2.19. The van der Waals surface area contributed by atoms with Gasteiger partial charge in [0.1, 0.15) is 5.75 Å². The zero-order chi connectivity index (χ0) is 19.4. The summed E-state index contributed by atoms with van der Waals surface area (Å²) in [6, 6.07) is 14.4. The number of ether oxygens (including phenoxy) is 1. The average Bonchev–Trinajstić information content (AvgIpc) is 2.71. The first-order valence-corrected chi connectivity index (χ1v) is 9.34. The Kier molecular flexibility index (Phi) is 5.20. The van der Waals surface area contributed by atoms with E-state index in [1.807, 2.05) is 0 Å². The predicted molar refractivity (Wildman–Crippen MR) is 99.2 cm³/mol. The van der Waals surface area contributed by atoms with E-state index in [4.69, 9.17) is 9.94 Å². The van der Waals surface area contributed by atoms with Crippen LogP contribution in [0.3, 0.4) is 0 Å². The number of methoxy groups -OCH3 is 1. The molecule has 0 aliphatic rings. The molecule has 0 atom stereocenters. The van der Waals surface area contributed by atoms with Crippen molar-refractivity contribution < 1.29 is 23.2 Å². The first-order chi connectivity index (χ1) is 12.9. The van der Waals surface area contributed by atoms with Gasteiger partial charge < -0.3 is 4.74 Å². The number of hydrogen-bond acceptors (Lipinski definition) is 6. The van der Waals surface area contributed by atoms with Crippen LogP contribution in [0.4, 0.5) is 0 Å². The fourth-order valence-corrected chi connectivity index (χ4v) is 3.66. The van der Waals surface area contributed by atoms with Gasteiger partial charge in [-0.25, -0.2) is 18.9 Å². The molecule has 8 heteroatoms. The fourth-order valence-electron chi connectivity index (χ4n) is 2.45. The van der Waals surface area contributed by atoms with Crippen LogP contribution in [0.5, 0.6) is 5.75 Å². The Labute approximate surface area is 155 Å². The first kappa shape index (κ1) is 18.6. The van der Waals surface area contributed by atoms with E-state index < -0.39 is 15.7 Å². The van der Waals surface area contributed by atoms with Gasteiger partial charge in [0.25, 0.3) is 5.91 Å². The summed E-state index contributed by atoms with van der Waals surface area (Å²) in [7, 11) is -2.28. The maximum atomic E-state index is 12.8. The van der Waals surface area contributed by atoms with E-state index in [-0.39, 0.29) is 9.92 Å². The van der Waals surface area contributed by atoms with Gasteiger partial charge in [-0.15, -0.1) is 0 Å². The van der Waals surface area contributed by atoms with Crippen molar-refractivity contribution in [2.45, 2.75) is 9.92 Å². The SMILES string of the molecule is COc1ccc(S(=O)(=O)c2ccc3ccc(/C=C/C(=O)NO)cc3n2)cc1. The van der Waals surface area contributed by atoms with Gasteiger partial charge in [0, 0.05) is 11.5 Å². The standard InChI is InChI=1S/C19H16N2O5S/c1-26-15-6-8-16(9-7-15)27(24,25)19-11-5-14-4-2-13(12-17(14)20-19)3-10-18(22)21-23/h2-12,23H,1H3,(H,21,22)/b10-3+. The second-order valence-electron chi connectivity index (χ2n) is 5.59. The largest absolute Gasteiger partial charge is 0.497 e. The molecule has 2 N–H and O–H groups in total. The number of benzene rings is 2. The minimum atomic E-state index is -3.78. The Balaban J connectivity index is 2.01. The summed E-state index contributed by atoms with van der Waals surface area (Å²) >= 11 is 0. The van der Waals surface area contributed by atoms with Gasteiger partial charge in [-0.2, -0.15) is 0 Å². The van der Waals surface area contributed by atoms with Crippen molar-refractivity contribution >= 4 is 32.7 Å². The monoisotopic (exact) mass is 384 g/mol. The van der Waals surface area contributed by atoms with Crippen LogP contribution >= 0.6 is 0 Å². The van der Waals surface area contributed by atoms with Gasteiger partial charge >= 0.3 is 0 Å². The average molecular weight is 384 g/mol. The maximum absolute atomic E-state index is 12.8. The van der Waals surface area contributed by atoms with E-state index in [1.54, 1.807) is 36.4 Å². The van der Waals surface area contributed by atoms with Gasteiger partial charge in [0.2, 0.25) is 9.84 Å². The highest BCUT2D eigenvalue weighted by Crippen LogP contribution is 2.24. The topological polar surface area (TPSA) is 106 Å². The number of hydrogen-bond donors (Lipinski definition) is 2. The fraction of sp³-hybridized carbons (Fsp3) is 0.0526.